The van der Waals surface area contributed by atoms with Gasteiger partial charge in [0.15, 0.2) is 0 Å². The molecule has 1 atom stereocenters. The van der Waals surface area contributed by atoms with Crippen LogP contribution in [0, 0.1) is 11.7 Å². The molecule has 1 aliphatic rings. The van der Waals surface area contributed by atoms with E-state index in [1.807, 2.05) is 4.90 Å². The summed E-state index contributed by atoms with van der Waals surface area (Å²) in [5.74, 6) is 0.434. The van der Waals surface area contributed by atoms with Gasteiger partial charge in [-0.1, -0.05) is 0 Å². The second-order valence-electron chi connectivity index (χ2n) is 4.08. The Morgan fingerprint density at radius 1 is 1.50 bits per heavy atom. The zero-order valence-electron chi connectivity index (χ0n) is 8.93. The molecule has 2 rings (SSSR count). The number of pyridine rings is 1. The maximum Gasteiger partial charge on any atom is 0.142 e. The number of nitrogens with zero attached hydrogens (tertiary/aromatic N) is 2. The quantitative estimate of drug-likeness (QED) is 0.789. The maximum absolute atomic E-state index is 12.9. The SMILES string of the molecule is OCc1cc(F)cnc1N1CCC(CO)C1. The van der Waals surface area contributed by atoms with Crippen LogP contribution in [0.15, 0.2) is 12.3 Å². The largest absolute Gasteiger partial charge is 0.396 e. The van der Waals surface area contributed by atoms with E-state index in [9.17, 15) is 4.39 Å². The van der Waals surface area contributed by atoms with Gasteiger partial charge in [-0.2, -0.15) is 0 Å². The normalized spacial score (nSPS) is 20.4. The Morgan fingerprint density at radius 3 is 2.94 bits per heavy atom. The number of aliphatic hydroxyl groups is 2. The van der Waals surface area contributed by atoms with Gasteiger partial charge in [-0.3, -0.25) is 0 Å². The van der Waals surface area contributed by atoms with Crippen LogP contribution in [0.5, 0.6) is 0 Å². The van der Waals surface area contributed by atoms with Gasteiger partial charge in [0.25, 0.3) is 0 Å². The predicted octanol–water partition coefficient (Wildman–Crippen LogP) is 0.532. The van der Waals surface area contributed by atoms with E-state index in [0.29, 0.717) is 17.9 Å². The van der Waals surface area contributed by atoms with Crippen molar-refractivity contribution in [3.05, 3.63) is 23.6 Å². The van der Waals surface area contributed by atoms with Gasteiger partial charge >= 0.3 is 0 Å². The zero-order valence-corrected chi connectivity index (χ0v) is 8.93. The van der Waals surface area contributed by atoms with Gasteiger partial charge in [-0.25, -0.2) is 9.37 Å². The Labute approximate surface area is 93.3 Å². The molecule has 1 aliphatic heterocycles. The molecule has 2 heterocycles. The van der Waals surface area contributed by atoms with Crippen molar-refractivity contribution in [3.8, 4) is 0 Å². The second kappa shape index (κ2) is 4.76. The van der Waals surface area contributed by atoms with Crippen LogP contribution in [0.4, 0.5) is 10.2 Å². The molecule has 1 fully saturated rings. The molecular weight excluding hydrogens is 211 g/mol. The first-order valence-electron chi connectivity index (χ1n) is 5.35. The fourth-order valence-corrected chi connectivity index (χ4v) is 2.05. The van der Waals surface area contributed by atoms with Crippen molar-refractivity contribution >= 4 is 5.82 Å². The Bertz CT molecular complexity index is 373. The third kappa shape index (κ3) is 2.15. The molecule has 0 aliphatic carbocycles. The average molecular weight is 226 g/mol. The van der Waals surface area contributed by atoms with Gasteiger partial charge in [0.1, 0.15) is 11.6 Å². The Balaban J connectivity index is 2.20. The maximum atomic E-state index is 12.9. The molecule has 0 radical (unpaired) electrons. The molecule has 88 valence electrons. The molecule has 16 heavy (non-hydrogen) atoms. The third-order valence-electron chi connectivity index (χ3n) is 2.92. The van der Waals surface area contributed by atoms with Crippen LogP contribution in [-0.4, -0.2) is 34.9 Å². The minimum Gasteiger partial charge on any atom is -0.396 e. The highest BCUT2D eigenvalue weighted by molar-refractivity contribution is 5.47. The number of halogens is 1. The molecule has 5 heteroatoms. The lowest BCUT2D eigenvalue weighted by atomic mass is 10.1. The highest BCUT2D eigenvalue weighted by Gasteiger charge is 2.24. The molecule has 4 nitrogen and oxygen atoms in total. The number of rotatable bonds is 3. The first-order valence-corrected chi connectivity index (χ1v) is 5.35. The standard InChI is InChI=1S/C11H15FN2O2/c12-10-3-9(7-16)11(13-4-10)14-2-1-8(5-14)6-15/h3-4,8,15-16H,1-2,5-7H2. The van der Waals surface area contributed by atoms with Gasteiger partial charge in [0, 0.05) is 31.2 Å². The highest BCUT2D eigenvalue weighted by atomic mass is 19.1. The molecule has 0 bridgehead atoms. The van der Waals surface area contributed by atoms with E-state index in [0.717, 1.165) is 19.2 Å². The summed E-state index contributed by atoms with van der Waals surface area (Å²) in [6.07, 6.45) is 2.06. The van der Waals surface area contributed by atoms with Crippen molar-refractivity contribution < 1.29 is 14.6 Å². The van der Waals surface area contributed by atoms with E-state index in [-0.39, 0.29) is 19.1 Å². The van der Waals surface area contributed by atoms with Crippen LogP contribution in [0.1, 0.15) is 12.0 Å². The molecule has 0 amide bonds. The number of hydrogen-bond acceptors (Lipinski definition) is 4. The average Bonchev–Trinajstić information content (AvgIpc) is 2.77. The lowest BCUT2D eigenvalue weighted by Crippen LogP contribution is -2.23. The summed E-state index contributed by atoms with van der Waals surface area (Å²) in [5, 5.41) is 18.2. The fraction of sp³-hybridized carbons (Fsp3) is 0.545. The van der Waals surface area contributed by atoms with Crippen molar-refractivity contribution in [2.24, 2.45) is 5.92 Å². The number of anilines is 1. The first kappa shape index (κ1) is 11.3. The van der Waals surface area contributed by atoms with Gasteiger partial charge in [-0.05, 0) is 12.5 Å². The summed E-state index contributed by atoms with van der Waals surface area (Å²) in [5.41, 5.74) is 0.499. The van der Waals surface area contributed by atoms with Crippen molar-refractivity contribution in [3.63, 3.8) is 0 Å². The van der Waals surface area contributed by atoms with Gasteiger partial charge in [-0.15, -0.1) is 0 Å². The van der Waals surface area contributed by atoms with E-state index in [2.05, 4.69) is 4.98 Å². The van der Waals surface area contributed by atoms with E-state index in [4.69, 9.17) is 10.2 Å². The van der Waals surface area contributed by atoms with Crippen LogP contribution in [0.2, 0.25) is 0 Å². The molecule has 1 aromatic heterocycles. The molecular formula is C11H15FN2O2. The molecule has 1 unspecified atom stereocenters. The summed E-state index contributed by atoms with van der Waals surface area (Å²) in [7, 11) is 0. The predicted molar refractivity (Wildman–Crippen MR) is 57.5 cm³/mol. The molecule has 0 aromatic carbocycles. The van der Waals surface area contributed by atoms with E-state index < -0.39 is 5.82 Å². The Morgan fingerprint density at radius 2 is 2.31 bits per heavy atom. The summed E-state index contributed by atoms with van der Waals surface area (Å²) in [6, 6.07) is 1.30. The van der Waals surface area contributed by atoms with E-state index in [1.54, 1.807) is 0 Å². The minimum atomic E-state index is -0.439. The summed E-state index contributed by atoms with van der Waals surface area (Å²) < 4.78 is 12.9. The summed E-state index contributed by atoms with van der Waals surface area (Å²) in [4.78, 5) is 5.99. The van der Waals surface area contributed by atoms with Gasteiger partial charge < -0.3 is 15.1 Å². The van der Waals surface area contributed by atoms with Crippen molar-refractivity contribution in [1.82, 2.24) is 4.98 Å². The second-order valence-corrected chi connectivity index (χ2v) is 4.08. The number of aliphatic hydroxyl groups excluding tert-OH is 2. The van der Waals surface area contributed by atoms with Gasteiger partial charge in [0.2, 0.25) is 0 Å². The monoisotopic (exact) mass is 226 g/mol. The van der Waals surface area contributed by atoms with Gasteiger partial charge in [0.05, 0.1) is 12.8 Å². The third-order valence-corrected chi connectivity index (χ3v) is 2.92. The van der Waals surface area contributed by atoms with Crippen molar-refractivity contribution in [2.45, 2.75) is 13.0 Å². The number of hydrogen-bond donors (Lipinski definition) is 2. The molecule has 1 saturated heterocycles. The molecule has 0 spiro atoms. The van der Waals surface area contributed by atoms with Crippen LogP contribution < -0.4 is 4.90 Å². The molecule has 0 saturated carbocycles. The Hall–Kier alpha value is -1.20. The van der Waals surface area contributed by atoms with Crippen molar-refractivity contribution in [1.29, 1.82) is 0 Å². The van der Waals surface area contributed by atoms with Crippen LogP contribution in [-0.2, 0) is 6.61 Å². The molecule has 1 aromatic rings. The fourth-order valence-electron chi connectivity index (χ4n) is 2.05. The lowest BCUT2D eigenvalue weighted by molar-refractivity contribution is 0.238. The van der Waals surface area contributed by atoms with Crippen LogP contribution >= 0.6 is 0 Å². The summed E-state index contributed by atoms with van der Waals surface area (Å²) in [6.45, 7) is 1.44. The van der Waals surface area contributed by atoms with E-state index >= 15 is 0 Å². The van der Waals surface area contributed by atoms with E-state index in [1.165, 1.54) is 6.07 Å². The number of aromatic nitrogens is 1. The smallest absolute Gasteiger partial charge is 0.142 e. The summed E-state index contributed by atoms with van der Waals surface area (Å²) >= 11 is 0. The molecule has 2 N–H and O–H groups in total. The zero-order chi connectivity index (χ0) is 11.5. The Kier molecular flexibility index (Phi) is 3.36. The topological polar surface area (TPSA) is 56.6 Å². The first-order chi connectivity index (χ1) is 7.74. The van der Waals surface area contributed by atoms with Crippen LogP contribution in [0.3, 0.4) is 0 Å². The van der Waals surface area contributed by atoms with Crippen molar-refractivity contribution in [2.75, 3.05) is 24.6 Å². The highest BCUT2D eigenvalue weighted by Crippen LogP contribution is 2.25. The lowest BCUT2D eigenvalue weighted by Gasteiger charge is -2.19. The minimum absolute atomic E-state index is 0.159. The van der Waals surface area contributed by atoms with Crippen LogP contribution in [0.25, 0.3) is 0 Å².